The molecule has 0 aromatic carbocycles. The van der Waals surface area contributed by atoms with Gasteiger partial charge in [-0.05, 0) is 25.6 Å². The number of aryl methyl sites for hydroxylation is 1. The predicted molar refractivity (Wildman–Crippen MR) is 53.9 cm³/mol. The molecule has 1 rings (SSSR count). The fraction of sp³-hybridized carbons (Fsp3) is 0.500. The highest BCUT2D eigenvalue weighted by atomic mass is 16.3. The van der Waals surface area contributed by atoms with Crippen molar-refractivity contribution < 1.29 is 10.2 Å². The molecule has 0 spiro atoms. The van der Waals surface area contributed by atoms with Crippen LogP contribution in [0, 0.1) is 6.92 Å². The Labute approximate surface area is 83.6 Å². The zero-order valence-corrected chi connectivity index (χ0v) is 8.44. The molecule has 2 unspecified atom stereocenters. The third-order valence-electron chi connectivity index (χ3n) is 2.11. The first-order chi connectivity index (χ1) is 6.66. The SMILES string of the molecule is CNCC(O)C(O)c1ncccc1C. The Kier molecular flexibility index (Phi) is 4.00. The summed E-state index contributed by atoms with van der Waals surface area (Å²) in [6, 6.07) is 3.66. The fourth-order valence-corrected chi connectivity index (χ4v) is 1.31. The van der Waals surface area contributed by atoms with Crippen molar-refractivity contribution in [2.24, 2.45) is 0 Å². The molecule has 78 valence electrons. The van der Waals surface area contributed by atoms with Crippen molar-refractivity contribution >= 4 is 0 Å². The lowest BCUT2D eigenvalue weighted by Crippen LogP contribution is -2.30. The van der Waals surface area contributed by atoms with E-state index in [9.17, 15) is 10.2 Å². The number of likely N-dealkylation sites (N-methyl/N-ethyl adjacent to an activating group) is 1. The van der Waals surface area contributed by atoms with Gasteiger partial charge in [0.05, 0.1) is 11.8 Å². The highest BCUT2D eigenvalue weighted by Gasteiger charge is 2.19. The number of rotatable bonds is 4. The maximum absolute atomic E-state index is 9.75. The lowest BCUT2D eigenvalue weighted by atomic mass is 10.1. The van der Waals surface area contributed by atoms with Crippen molar-refractivity contribution in [3.63, 3.8) is 0 Å². The van der Waals surface area contributed by atoms with Crippen LogP contribution in [0.4, 0.5) is 0 Å². The van der Waals surface area contributed by atoms with Crippen molar-refractivity contribution in [3.8, 4) is 0 Å². The second-order valence-electron chi connectivity index (χ2n) is 3.28. The average molecular weight is 196 g/mol. The first kappa shape index (κ1) is 11.1. The van der Waals surface area contributed by atoms with E-state index in [1.807, 2.05) is 13.0 Å². The summed E-state index contributed by atoms with van der Waals surface area (Å²) in [4.78, 5) is 4.04. The number of nitrogens with zero attached hydrogens (tertiary/aromatic N) is 1. The predicted octanol–water partition coefficient (Wildman–Crippen LogP) is 0.00372. The van der Waals surface area contributed by atoms with Crippen LogP contribution in [0.15, 0.2) is 18.3 Å². The number of nitrogens with one attached hydrogen (secondary N) is 1. The summed E-state index contributed by atoms with van der Waals surface area (Å²) in [6.45, 7) is 2.20. The zero-order valence-electron chi connectivity index (χ0n) is 8.44. The van der Waals surface area contributed by atoms with Crippen LogP contribution in [0.5, 0.6) is 0 Å². The first-order valence-electron chi connectivity index (χ1n) is 4.59. The minimum atomic E-state index is -0.927. The second kappa shape index (κ2) is 5.05. The number of aliphatic hydroxyl groups excluding tert-OH is 2. The molecule has 0 aliphatic heterocycles. The Bertz CT molecular complexity index is 291. The summed E-state index contributed by atoms with van der Waals surface area (Å²) in [7, 11) is 1.72. The van der Waals surface area contributed by atoms with Crippen molar-refractivity contribution in [1.82, 2.24) is 10.3 Å². The Hall–Kier alpha value is -0.970. The summed E-state index contributed by atoms with van der Waals surface area (Å²) >= 11 is 0. The zero-order chi connectivity index (χ0) is 10.6. The van der Waals surface area contributed by atoms with E-state index >= 15 is 0 Å². The van der Waals surface area contributed by atoms with E-state index in [1.165, 1.54) is 0 Å². The molecule has 1 aromatic rings. The van der Waals surface area contributed by atoms with Crippen LogP contribution in [0.25, 0.3) is 0 Å². The van der Waals surface area contributed by atoms with Crippen LogP contribution in [0.3, 0.4) is 0 Å². The van der Waals surface area contributed by atoms with Gasteiger partial charge in [0.25, 0.3) is 0 Å². The summed E-state index contributed by atoms with van der Waals surface area (Å²) in [6.07, 6.45) is -0.144. The van der Waals surface area contributed by atoms with Crippen LogP contribution in [-0.2, 0) is 0 Å². The molecule has 0 radical (unpaired) electrons. The number of hydrogen-bond donors (Lipinski definition) is 3. The van der Waals surface area contributed by atoms with Gasteiger partial charge in [-0.2, -0.15) is 0 Å². The average Bonchev–Trinajstić information content (AvgIpc) is 2.18. The summed E-state index contributed by atoms with van der Waals surface area (Å²) in [5.74, 6) is 0. The topological polar surface area (TPSA) is 65.4 Å². The monoisotopic (exact) mass is 196 g/mol. The normalized spacial score (nSPS) is 15.1. The molecular formula is C10H16N2O2. The van der Waals surface area contributed by atoms with Gasteiger partial charge in [-0.1, -0.05) is 6.07 Å². The molecular weight excluding hydrogens is 180 g/mol. The third kappa shape index (κ3) is 2.51. The molecule has 0 aliphatic carbocycles. The van der Waals surface area contributed by atoms with Gasteiger partial charge in [0.1, 0.15) is 6.10 Å². The Morgan fingerprint density at radius 3 is 2.79 bits per heavy atom. The molecule has 1 heterocycles. The van der Waals surface area contributed by atoms with E-state index in [1.54, 1.807) is 19.3 Å². The highest BCUT2D eigenvalue weighted by molar-refractivity contribution is 5.20. The van der Waals surface area contributed by atoms with Gasteiger partial charge in [0.2, 0.25) is 0 Å². The third-order valence-corrected chi connectivity index (χ3v) is 2.11. The number of aromatic nitrogens is 1. The second-order valence-corrected chi connectivity index (χ2v) is 3.28. The standard InChI is InChI=1S/C10H16N2O2/c1-7-4-3-5-12-9(7)10(14)8(13)6-11-2/h3-5,8,10-11,13-14H,6H2,1-2H3. The molecule has 4 nitrogen and oxygen atoms in total. The quantitative estimate of drug-likeness (QED) is 0.634. The molecule has 3 N–H and O–H groups in total. The number of aliphatic hydroxyl groups is 2. The van der Waals surface area contributed by atoms with Gasteiger partial charge in [-0.25, -0.2) is 0 Å². The van der Waals surface area contributed by atoms with E-state index in [2.05, 4.69) is 10.3 Å². The Morgan fingerprint density at radius 2 is 2.21 bits per heavy atom. The summed E-state index contributed by atoms with van der Waals surface area (Å²) in [5, 5.41) is 22.1. The van der Waals surface area contributed by atoms with Crippen molar-refractivity contribution in [2.45, 2.75) is 19.1 Å². The Balaban J connectivity index is 2.78. The minimum absolute atomic E-state index is 0.344. The molecule has 0 amide bonds. The molecule has 4 heteroatoms. The maximum Gasteiger partial charge on any atom is 0.123 e. The van der Waals surface area contributed by atoms with Crippen LogP contribution >= 0.6 is 0 Å². The van der Waals surface area contributed by atoms with Crippen LogP contribution in [-0.4, -0.2) is 34.9 Å². The van der Waals surface area contributed by atoms with Crippen molar-refractivity contribution in [2.75, 3.05) is 13.6 Å². The molecule has 0 bridgehead atoms. The smallest absolute Gasteiger partial charge is 0.123 e. The van der Waals surface area contributed by atoms with Crippen molar-refractivity contribution in [3.05, 3.63) is 29.6 Å². The summed E-state index contributed by atoms with van der Waals surface area (Å²) < 4.78 is 0. The lowest BCUT2D eigenvalue weighted by molar-refractivity contribution is 0.0173. The highest BCUT2D eigenvalue weighted by Crippen LogP contribution is 2.17. The number of hydrogen-bond acceptors (Lipinski definition) is 4. The first-order valence-corrected chi connectivity index (χ1v) is 4.59. The van der Waals surface area contributed by atoms with Gasteiger partial charge in [-0.3, -0.25) is 4.98 Å². The largest absolute Gasteiger partial charge is 0.389 e. The molecule has 2 atom stereocenters. The van der Waals surface area contributed by atoms with Gasteiger partial charge in [-0.15, -0.1) is 0 Å². The maximum atomic E-state index is 9.75. The van der Waals surface area contributed by atoms with E-state index in [0.717, 1.165) is 5.56 Å². The molecule has 0 fully saturated rings. The Morgan fingerprint density at radius 1 is 1.50 bits per heavy atom. The van der Waals surface area contributed by atoms with Crippen LogP contribution < -0.4 is 5.32 Å². The van der Waals surface area contributed by atoms with Crippen LogP contribution in [0.1, 0.15) is 17.4 Å². The van der Waals surface area contributed by atoms with Gasteiger partial charge in [0.15, 0.2) is 0 Å². The van der Waals surface area contributed by atoms with Crippen LogP contribution in [0.2, 0.25) is 0 Å². The van der Waals surface area contributed by atoms with Gasteiger partial charge in [0, 0.05) is 12.7 Å². The van der Waals surface area contributed by atoms with E-state index in [0.29, 0.717) is 12.2 Å². The molecule has 0 aliphatic rings. The molecule has 14 heavy (non-hydrogen) atoms. The van der Waals surface area contributed by atoms with E-state index < -0.39 is 12.2 Å². The van der Waals surface area contributed by atoms with E-state index in [-0.39, 0.29) is 0 Å². The molecule has 1 aromatic heterocycles. The fourth-order valence-electron chi connectivity index (χ4n) is 1.31. The minimum Gasteiger partial charge on any atom is -0.389 e. The molecule has 0 saturated heterocycles. The van der Waals surface area contributed by atoms with Gasteiger partial charge >= 0.3 is 0 Å². The van der Waals surface area contributed by atoms with Gasteiger partial charge < -0.3 is 15.5 Å². The lowest BCUT2D eigenvalue weighted by Gasteiger charge is -2.18. The van der Waals surface area contributed by atoms with E-state index in [4.69, 9.17) is 0 Å². The number of pyridine rings is 1. The van der Waals surface area contributed by atoms with Crippen molar-refractivity contribution in [1.29, 1.82) is 0 Å². The summed E-state index contributed by atoms with van der Waals surface area (Å²) in [5.41, 5.74) is 1.42. The molecule has 0 saturated carbocycles.